The SMILES string of the molecule is CC(=O)OC1[C@@H](C)[C@@H](C)C(C)O[C@H]1SC(=N)N. The van der Waals surface area contributed by atoms with Crippen LogP contribution in [0.25, 0.3) is 0 Å². The van der Waals surface area contributed by atoms with E-state index in [-0.39, 0.29) is 29.3 Å². The van der Waals surface area contributed by atoms with Crippen LogP contribution in [0, 0.1) is 17.2 Å². The smallest absolute Gasteiger partial charge is 0.303 e. The lowest BCUT2D eigenvalue weighted by molar-refractivity contribution is -0.174. The zero-order valence-electron chi connectivity index (χ0n) is 10.6. The van der Waals surface area contributed by atoms with E-state index in [1.807, 2.05) is 13.8 Å². The quantitative estimate of drug-likeness (QED) is 0.447. The summed E-state index contributed by atoms with van der Waals surface area (Å²) in [4.78, 5) is 11.1. The Balaban J connectivity index is 2.82. The van der Waals surface area contributed by atoms with Crippen molar-refractivity contribution in [3.63, 3.8) is 0 Å². The largest absolute Gasteiger partial charge is 0.459 e. The zero-order valence-corrected chi connectivity index (χ0v) is 11.4. The van der Waals surface area contributed by atoms with E-state index in [1.165, 1.54) is 6.92 Å². The molecule has 5 nitrogen and oxygen atoms in total. The van der Waals surface area contributed by atoms with Gasteiger partial charge in [0.1, 0.15) is 11.5 Å². The lowest BCUT2D eigenvalue weighted by Crippen LogP contribution is -2.49. The number of carbonyl (C=O) groups excluding carboxylic acids is 1. The third-order valence-electron chi connectivity index (χ3n) is 3.25. The molecule has 1 rings (SSSR count). The standard InChI is InChI=1S/C11H20N2O3S/c1-5-6(2)9(16-8(4)14)10(15-7(5)3)17-11(12)13/h5-7,9-10H,1-4H3,(H3,12,13)/t5-,6+,7?,9?,10+/m1/s1. The normalized spacial score (nSPS) is 37.5. The third-order valence-corrected chi connectivity index (χ3v) is 4.12. The van der Waals surface area contributed by atoms with Gasteiger partial charge in [-0.25, -0.2) is 0 Å². The number of ether oxygens (including phenoxy) is 2. The van der Waals surface area contributed by atoms with Crippen LogP contribution in [0.15, 0.2) is 0 Å². The van der Waals surface area contributed by atoms with Crippen molar-refractivity contribution in [3.8, 4) is 0 Å². The van der Waals surface area contributed by atoms with Crippen molar-refractivity contribution < 1.29 is 14.3 Å². The van der Waals surface area contributed by atoms with Gasteiger partial charge in [-0.1, -0.05) is 25.6 Å². The highest BCUT2D eigenvalue weighted by Gasteiger charge is 2.42. The van der Waals surface area contributed by atoms with Gasteiger partial charge in [-0.05, 0) is 12.8 Å². The van der Waals surface area contributed by atoms with Crippen LogP contribution in [0.3, 0.4) is 0 Å². The van der Waals surface area contributed by atoms with Crippen molar-refractivity contribution in [1.82, 2.24) is 0 Å². The highest BCUT2D eigenvalue weighted by atomic mass is 32.2. The third kappa shape index (κ3) is 3.61. The first kappa shape index (κ1) is 14.3. The molecule has 17 heavy (non-hydrogen) atoms. The lowest BCUT2D eigenvalue weighted by atomic mass is 9.85. The minimum absolute atomic E-state index is 0.0268. The molecule has 2 unspecified atom stereocenters. The Labute approximate surface area is 106 Å². The molecule has 1 fully saturated rings. The molecule has 3 N–H and O–H groups in total. The number of amidine groups is 1. The van der Waals surface area contributed by atoms with Gasteiger partial charge in [0.05, 0.1) is 6.10 Å². The second-order valence-corrected chi connectivity index (χ2v) is 5.62. The predicted octanol–water partition coefficient (Wildman–Crippen LogP) is 1.56. The summed E-state index contributed by atoms with van der Waals surface area (Å²) in [5, 5.41) is 7.28. The second kappa shape index (κ2) is 5.73. The molecule has 5 atom stereocenters. The molecule has 1 heterocycles. The van der Waals surface area contributed by atoms with Crippen LogP contribution in [0.1, 0.15) is 27.7 Å². The summed E-state index contributed by atoms with van der Waals surface area (Å²) in [5.41, 5.74) is 4.98. The van der Waals surface area contributed by atoms with Crippen molar-refractivity contribution in [3.05, 3.63) is 0 Å². The van der Waals surface area contributed by atoms with Crippen molar-refractivity contribution in [2.45, 2.75) is 45.3 Å². The van der Waals surface area contributed by atoms with E-state index < -0.39 is 5.44 Å². The van der Waals surface area contributed by atoms with Gasteiger partial charge >= 0.3 is 5.97 Å². The van der Waals surface area contributed by atoms with E-state index in [9.17, 15) is 4.79 Å². The van der Waals surface area contributed by atoms with Gasteiger partial charge in [-0.3, -0.25) is 10.2 Å². The van der Waals surface area contributed by atoms with Crippen molar-refractivity contribution in [2.24, 2.45) is 17.6 Å². The van der Waals surface area contributed by atoms with Gasteiger partial charge in [0.15, 0.2) is 5.17 Å². The van der Waals surface area contributed by atoms with E-state index >= 15 is 0 Å². The van der Waals surface area contributed by atoms with Gasteiger partial charge in [0.2, 0.25) is 0 Å². The van der Waals surface area contributed by atoms with E-state index in [2.05, 4.69) is 6.92 Å². The fraction of sp³-hybridized carbons (Fsp3) is 0.818. The molecular weight excluding hydrogens is 240 g/mol. The number of hydrogen-bond donors (Lipinski definition) is 2. The molecule has 6 heteroatoms. The minimum Gasteiger partial charge on any atom is -0.459 e. The molecule has 98 valence electrons. The molecule has 0 aromatic carbocycles. The molecular formula is C11H20N2O3S. The maximum atomic E-state index is 11.1. The monoisotopic (exact) mass is 260 g/mol. The van der Waals surface area contributed by atoms with Gasteiger partial charge in [0.25, 0.3) is 0 Å². The van der Waals surface area contributed by atoms with Gasteiger partial charge in [-0.2, -0.15) is 0 Å². The first-order valence-corrected chi connectivity index (χ1v) is 6.54. The molecule has 0 aromatic heterocycles. The van der Waals surface area contributed by atoms with E-state index in [0.29, 0.717) is 5.92 Å². The number of thioether (sulfide) groups is 1. The number of rotatable bonds is 2. The number of esters is 1. The Hall–Kier alpha value is -0.750. The van der Waals surface area contributed by atoms with Gasteiger partial charge in [-0.15, -0.1) is 0 Å². The molecule has 1 saturated heterocycles. The van der Waals surface area contributed by atoms with Crippen LogP contribution in [0.2, 0.25) is 0 Å². The van der Waals surface area contributed by atoms with Gasteiger partial charge < -0.3 is 15.2 Å². The van der Waals surface area contributed by atoms with E-state index in [4.69, 9.17) is 20.6 Å². The molecule has 0 aliphatic carbocycles. The Morgan fingerprint density at radius 2 is 1.94 bits per heavy atom. The topological polar surface area (TPSA) is 85.4 Å². The molecule has 0 spiro atoms. The second-order valence-electron chi connectivity index (χ2n) is 4.48. The van der Waals surface area contributed by atoms with Gasteiger partial charge in [0, 0.05) is 12.8 Å². The Morgan fingerprint density at radius 3 is 2.41 bits per heavy atom. The maximum absolute atomic E-state index is 11.1. The average molecular weight is 260 g/mol. The summed E-state index contributed by atoms with van der Waals surface area (Å²) in [6, 6.07) is 0. The fourth-order valence-electron chi connectivity index (χ4n) is 1.96. The highest BCUT2D eigenvalue weighted by Crippen LogP contribution is 2.36. The molecule has 0 aromatic rings. The first-order valence-electron chi connectivity index (χ1n) is 5.66. The van der Waals surface area contributed by atoms with Crippen LogP contribution in [-0.4, -0.2) is 28.8 Å². The van der Waals surface area contributed by atoms with Crippen LogP contribution >= 0.6 is 11.8 Å². The van der Waals surface area contributed by atoms with Crippen LogP contribution < -0.4 is 5.73 Å². The number of nitrogens with one attached hydrogen (secondary N) is 1. The summed E-state index contributed by atoms with van der Waals surface area (Å²) in [7, 11) is 0. The average Bonchev–Trinajstić information content (AvgIpc) is 2.20. The van der Waals surface area contributed by atoms with Crippen LogP contribution in [-0.2, 0) is 14.3 Å². The fourth-order valence-corrected chi connectivity index (χ4v) is 2.88. The van der Waals surface area contributed by atoms with Crippen molar-refractivity contribution >= 4 is 22.9 Å². The first-order chi connectivity index (χ1) is 7.82. The number of carbonyl (C=O) groups is 1. The lowest BCUT2D eigenvalue weighted by Gasteiger charge is -2.42. The zero-order chi connectivity index (χ0) is 13.2. The predicted molar refractivity (Wildman–Crippen MR) is 67.7 cm³/mol. The van der Waals surface area contributed by atoms with Crippen LogP contribution in [0.5, 0.6) is 0 Å². The highest BCUT2D eigenvalue weighted by molar-refractivity contribution is 8.14. The molecule has 0 bridgehead atoms. The molecule has 0 saturated carbocycles. The molecule has 1 aliphatic heterocycles. The summed E-state index contributed by atoms with van der Waals surface area (Å²) in [6.45, 7) is 7.47. The Morgan fingerprint density at radius 1 is 1.35 bits per heavy atom. The molecule has 0 amide bonds. The maximum Gasteiger partial charge on any atom is 0.303 e. The number of nitrogens with two attached hydrogens (primary N) is 1. The summed E-state index contributed by atoms with van der Waals surface area (Å²) < 4.78 is 11.1. The summed E-state index contributed by atoms with van der Waals surface area (Å²) >= 11 is 1.10. The van der Waals surface area contributed by atoms with Crippen molar-refractivity contribution in [1.29, 1.82) is 5.41 Å². The number of hydrogen-bond acceptors (Lipinski definition) is 5. The minimum atomic E-state index is -0.391. The molecule has 1 aliphatic rings. The summed E-state index contributed by atoms with van der Waals surface area (Å²) in [5.74, 6) is 0.143. The molecule has 0 radical (unpaired) electrons. The van der Waals surface area contributed by atoms with E-state index in [1.54, 1.807) is 0 Å². The van der Waals surface area contributed by atoms with Crippen LogP contribution in [0.4, 0.5) is 0 Å². The summed E-state index contributed by atoms with van der Waals surface area (Å²) in [6.07, 6.45) is -0.291. The Bertz CT molecular complexity index is 311. The Kier molecular flexibility index (Phi) is 4.82. The van der Waals surface area contributed by atoms with Crippen molar-refractivity contribution in [2.75, 3.05) is 0 Å². The van der Waals surface area contributed by atoms with E-state index in [0.717, 1.165) is 11.8 Å².